The van der Waals surface area contributed by atoms with Gasteiger partial charge in [-0.1, -0.05) is 30.3 Å². The highest BCUT2D eigenvalue weighted by Gasteiger charge is 2.31. The van der Waals surface area contributed by atoms with Crippen molar-refractivity contribution < 1.29 is 24.5 Å². The number of hydrogen-bond acceptors (Lipinski definition) is 5. The number of likely N-dealkylation sites (tertiary alicyclic amines) is 1. The normalized spacial score (nSPS) is 26.4. The van der Waals surface area contributed by atoms with E-state index in [-0.39, 0.29) is 0 Å². The lowest BCUT2D eigenvalue weighted by Crippen LogP contribution is -2.51. The van der Waals surface area contributed by atoms with Crippen LogP contribution in [0.4, 0.5) is 0 Å². The topological polar surface area (TPSA) is 90.3 Å². The standard InChI is InChI=1S/C21H32N2O.C2H2O4/c1-2-4-18(5-3-1)19-6-8-20(9-7-19)22-12-10-21(11-13-22)23-14-16-24-17-15-23;3-1(4)2(5)6/h1-5,19-21H,6-17H2;(H,3,4)(H,5,6). The number of ether oxygens (including phenoxy) is 1. The molecule has 1 aliphatic carbocycles. The van der Waals surface area contributed by atoms with Crippen molar-refractivity contribution in [3.63, 3.8) is 0 Å². The highest BCUT2D eigenvalue weighted by molar-refractivity contribution is 6.27. The Hall–Kier alpha value is -1.96. The predicted molar refractivity (Wildman–Crippen MR) is 114 cm³/mol. The number of benzene rings is 1. The van der Waals surface area contributed by atoms with E-state index >= 15 is 0 Å². The maximum atomic E-state index is 9.10. The van der Waals surface area contributed by atoms with Gasteiger partial charge in [-0.15, -0.1) is 0 Å². The van der Waals surface area contributed by atoms with Crippen LogP contribution >= 0.6 is 0 Å². The number of rotatable bonds is 3. The van der Waals surface area contributed by atoms with E-state index in [0.717, 1.165) is 44.3 Å². The molecule has 3 aliphatic rings. The molecular weight excluding hydrogens is 384 g/mol. The minimum Gasteiger partial charge on any atom is -0.473 e. The smallest absolute Gasteiger partial charge is 0.414 e. The number of nitrogens with zero attached hydrogens (tertiary/aromatic N) is 2. The molecule has 1 aromatic carbocycles. The van der Waals surface area contributed by atoms with Crippen LogP contribution in [0.25, 0.3) is 0 Å². The summed E-state index contributed by atoms with van der Waals surface area (Å²) in [6.07, 6.45) is 8.25. The molecule has 3 fully saturated rings. The molecule has 0 amide bonds. The van der Waals surface area contributed by atoms with Gasteiger partial charge in [-0.3, -0.25) is 4.90 Å². The van der Waals surface area contributed by atoms with Gasteiger partial charge in [0.2, 0.25) is 0 Å². The third kappa shape index (κ3) is 6.52. The molecule has 2 saturated heterocycles. The number of morpholine rings is 1. The van der Waals surface area contributed by atoms with Crippen LogP contribution in [0.15, 0.2) is 30.3 Å². The molecule has 2 N–H and O–H groups in total. The second kappa shape index (κ2) is 11.4. The molecule has 4 rings (SSSR count). The quantitative estimate of drug-likeness (QED) is 0.730. The first kappa shape index (κ1) is 22.7. The van der Waals surface area contributed by atoms with Crippen molar-refractivity contribution in [3.8, 4) is 0 Å². The zero-order chi connectivity index (χ0) is 21.3. The van der Waals surface area contributed by atoms with Gasteiger partial charge in [-0.2, -0.15) is 0 Å². The summed E-state index contributed by atoms with van der Waals surface area (Å²) in [6.45, 7) is 6.78. The van der Waals surface area contributed by atoms with Crippen molar-refractivity contribution in [2.45, 2.75) is 56.5 Å². The van der Waals surface area contributed by atoms with E-state index in [0.29, 0.717) is 0 Å². The molecule has 2 heterocycles. The molecule has 1 aromatic rings. The van der Waals surface area contributed by atoms with E-state index in [1.807, 2.05) is 0 Å². The summed E-state index contributed by atoms with van der Waals surface area (Å²) in [6, 6.07) is 12.8. The van der Waals surface area contributed by atoms with E-state index in [4.69, 9.17) is 24.5 Å². The summed E-state index contributed by atoms with van der Waals surface area (Å²) in [5, 5.41) is 14.8. The van der Waals surface area contributed by atoms with E-state index < -0.39 is 11.9 Å². The molecule has 30 heavy (non-hydrogen) atoms. The summed E-state index contributed by atoms with van der Waals surface area (Å²) in [5.74, 6) is -2.85. The molecule has 0 unspecified atom stereocenters. The van der Waals surface area contributed by atoms with Crippen molar-refractivity contribution in [3.05, 3.63) is 35.9 Å². The maximum absolute atomic E-state index is 9.10. The highest BCUT2D eigenvalue weighted by Crippen LogP contribution is 2.35. The number of carboxylic acid groups (broad SMARTS) is 2. The second-order valence-electron chi connectivity index (χ2n) is 8.44. The highest BCUT2D eigenvalue weighted by atomic mass is 16.5. The molecule has 0 atom stereocenters. The van der Waals surface area contributed by atoms with Crippen LogP contribution < -0.4 is 0 Å². The van der Waals surface area contributed by atoms with Crippen LogP contribution in [-0.2, 0) is 14.3 Å². The number of hydrogen-bond donors (Lipinski definition) is 2. The van der Waals surface area contributed by atoms with Gasteiger partial charge >= 0.3 is 11.9 Å². The zero-order valence-corrected chi connectivity index (χ0v) is 17.6. The molecule has 7 heteroatoms. The molecule has 7 nitrogen and oxygen atoms in total. The van der Waals surface area contributed by atoms with Gasteiger partial charge in [0, 0.05) is 25.2 Å². The van der Waals surface area contributed by atoms with E-state index in [9.17, 15) is 0 Å². The Kier molecular flexibility index (Phi) is 8.66. The SMILES string of the molecule is O=C(O)C(=O)O.c1ccc(C2CCC(N3CCC(N4CCOCC4)CC3)CC2)cc1. The first-order valence-corrected chi connectivity index (χ1v) is 11.1. The summed E-state index contributed by atoms with van der Waals surface area (Å²) in [7, 11) is 0. The first-order chi connectivity index (χ1) is 14.5. The van der Waals surface area contributed by atoms with Gasteiger partial charge in [0.15, 0.2) is 0 Å². The number of carboxylic acids is 2. The van der Waals surface area contributed by atoms with Crippen LogP contribution in [0.3, 0.4) is 0 Å². The molecule has 0 spiro atoms. The van der Waals surface area contributed by atoms with Gasteiger partial charge in [0.05, 0.1) is 13.2 Å². The minimum atomic E-state index is -1.82. The summed E-state index contributed by atoms with van der Waals surface area (Å²) < 4.78 is 5.50. The third-order valence-corrected chi connectivity index (χ3v) is 6.73. The lowest BCUT2D eigenvalue weighted by atomic mass is 9.81. The lowest BCUT2D eigenvalue weighted by Gasteiger charge is -2.44. The van der Waals surface area contributed by atoms with Gasteiger partial charge in [0.25, 0.3) is 0 Å². The Bertz CT molecular complexity index is 649. The minimum absolute atomic E-state index is 0.799. The molecule has 166 valence electrons. The van der Waals surface area contributed by atoms with Crippen molar-refractivity contribution in [2.24, 2.45) is 0 Å². The Labute approximate surface area is 178 Å². The van der Waals surface area contributed by atoms with Crippen molar-refractivity contribution in [1.82, 2.24) is 9.80 Å². The number of piperidine rings is 1. The van der Waals surface area contributed by atoms with Crippen molar-refractivity contribution >= 4 is 11.9 Å². The summed E-state index contributed by atoms with van der Waals surface area (Å²) in [4.78, 5) is 23.7. The zero-order valence-electron chi connectivity index (χ0n) is 17.6. The fourth-order valence-corrected chi connectivity index (χ4v) is 5.06. The predicted octanol–water partition coefficient (Wildman–Crippen LogP) is 2.67. The van der Waals surface area contributed by atoms with Crippen molar-refractivity contribution in [2.75, 3.05) is 39.4 Å². The largest absolute Gasteiger partial charge is 0.473 e. The van der Waals surface area contributed by atoms with Crippen molar-refractivity contribution in [1.29, 1.82) is 0 Å². The molecule has 0 bridgehead atoms. The summed E-state index contributed by atoms with van der Waals surface area (Å²) >= 11 is 0. The monoisotopic (exact) mass is 418 g/mol. The van der Waals surface area contributed by atoms with Crippen LogP contribution in [-0.4, -0.2) is 83.4 Å². The average Bonchev–Trinajstić information content (AvgIpc) is 2.81. The third-order valence-electron chi connectivity index (χ3n) is 6.73. The van der Waals surface area contributed by atoms with Crippen LogP contribution in [0.5, 0.6) is 0 Å². The lowest BCUT2D eigenvalue weighted by molar-refractivity contribution is -0.159. The fraction of sp³-hybridized carbons (Fsp3) is 0.652. The molecule has 2 aliphatic heterocycles. The van der Waals surface area contributed by atoms with E-state index in [2.05, 4.69) is 40.1 Å². The van der Waals surface area contributed by atoms with Crippen LogP contribution in [0.1, 0.15) is 50.0 Å². The van der Waals surface area contributed by atoms with Crippen LogP contribution in [0.2, 0.25) is 0 Å². The first-order valence-electron chi connectivity index (χ1n) is 11.1. The van der Waals surface area contributed by atoms with Gasteiger partial charge in [-0.25, -0.2) is 9.59 Å². The number of carbonyl (C=O) groups is 2. The molecule has 1 saturated carbocycles. The molecule has 0 radical (unpaired) electrons. The Morgan fingerprint density at radius 1 is 0.733 bits per heavy atom. The van der Waals surface area contributed by atoms with E-state index in [1.54, 1.807) is 5.56 Å². The van der Waals surface area contributed by atoms with Crippen LogP contribution in [0, 0.1) is 0 Å². The Morgan fingerprint density at radius 3 is 1.77 bits per heavy atom. The fourth-order valence-electron chi connectivity index (χ4n) is 5.06. The maximum Gasteiger partial charge on any atom is 0.414 e. The van der Waals surface area contributed by atoms with Gasteiger partial charge in [0.1, 0.15) is 0 Å². The van der Waals surface area contributed by atoms with Gasteiger partial charge < -0.3 is 19.8 Å². The summed E-state index contributed by atoms with van der Waals surface area (Å²) in [5.41, 5.74) is 1.56. The Balaban J connectivity index is 0.000000377. The average molecular weight is 419 g/mol. The Morgan fingerprint density at radius 2 is 1.23 bits per heavy atom. The van der Waals surface area contributed by atoms with Gasteiger partial charge in [-0.05, 0) is 63.1 Å². The second-order valence-corrected chi connectivity index (χ2v) is 8.44. The van der Waals surface area contributed by atoms with E-state index in [1.165, 1.54) is 51.6 Å². The molecular formula is C23H34N2O5. The number of aliphatic carboxylic acids is 2. The molecule has 0 aromatic heterocycles.